The van der Waals surface area contributed by atoms with E-state index in [-0.39, 0.29) is 0 Å². The zero-order valence-corrected chi connectivity index (χ0v) is 11.9. The van der Waals surface area contributed by atoms with Crippen LogP contribution >= 0.6 is 11.8 Å². The van der Waals surface area contributed by atoms with Crippen LogP contribution < -0.4 is 4.74 Å². The number of hydrogen-bond donors (Lipinski definition) is 1. The molecule has 1 atom stereocenters. The van der Waals surface area contributed by atoms with Gasteiger partial charge in [0, 0.05) is 18.8 Å². The maximum atomic E-state index is 5.28. The van der Waals surface area contributed by atoms with E-state index in [1.807, 2.05) is 24.4 Å². The molecular formula is C15H14N3OS. The average Bonchev–Trinajstić information content (AvgIpc) is 3.05. The summed E-state index contributed by atoms with van der Waals surface area (Å²) < 4.78 is 7.57. The first-order chi connectivity index (χ1) is 9.85. The highest BCUT2D eigenvalue weighted by Gasteiger charge is 2.26. The molecule has 0 fully saturated rings. The van der Waals surface area contributed by atoms with Crippen LogP contribution in [-0.4, -0.2) is 21.6 Å². The molecule has 101 valence electrons. The Balaban J connectivity index is 1.71. The van der Waals surface area contributed by atoms with Crippen LogP contribution in [0.1, 0.15) is 10.9 Å². The number of methoxy groups -OCH3 is 1. The molecule has 0 amide bonds. The minimum atomic E-state index is 0.359. The molecule has 0 aliphatic carbocycles. The molecule has 4 nitrogen and oxygen atoms in total. The molecule has 0 saturated carbocycles. The predicted octanol–water partition coefficient (Wildman–Crippen LogP) is 3.02. The lowest BCUT2D eigenvalue weighted by Gasteiger charge is -2.10. The van der Waals surface area contributed by atoms with Crippen LogP contribution in [0.3, 0.4) is 0 Å². The summed E-state index contributed by atoms with van der Waals surface area (Å²) in [4.78, 5) is 9.19. The standard InChI is InChI=1S/C15H14N3OS/c1-19-10-6-7-16-12(8-10)14-9-18-13-5-3-2-4-11(13)17-15(18)20-14/h2-8,14,20H,9H2,1H3. The molecule has 20 heavy (non-hydrogen) atoms. The van der Waals surface area contributed by atoms with E-state index in [4.69, 9.17) is 9.72 Å². The van der Waals surface area contributed by atoms with E-state index in [9.17, 15) is 0 Å². The van der Waals surface area contributed by atoms with Gasteiger partial charge < -0.3 is 9.30 Å². The summed E-state index contributed by atoms with van der Waals surface area (Å²) >= 11 is 1.22. The van der Waals surface area contributed by atoms with Gasteiger partial charge >= 0.3 is 0 Å². The second-order valence-corrected chi connectivity index (χ2v) is 6.06. The molecule has 0 saturated heterocycles. The van der Waals surface area contributed by atoms with Crippen molar-refractivity contribution in [2.75, 3.05) is 7.11 Å². The molecular weight excluding hydrogens is 270 g/mol. The number of ether oxygens (including phenoxy) is 1. The average molecular weight is 284 g/mol. The fraction of sp³-hybridized carbons (Fsp3) is 0.200. The van der Waals surface area contributed by atoms with Gasteiger partial charge in [0.05, 0.1) is 29.1 Å². The first-order valence-electron chi connectivity index (χ1n) is 6.51. The fourth-order valence-corrected chi connectivity index (χ4v) is 3.88. The van der Waals surface area contributed by atoms with E-state index in [1.54, 1.807) is 7.11 Å². The smallest absolute Gasteiger partial charge is 0.157 e. The van der Waals surface area contributed by atoms with Crippen LogP contribution in [0.5, 0.6) is 5.75 Å². The third-order valence-corrected chi connectivity index (χ3v) is 4.90. The van der Waals surface area contributed by atoms with Gasteiger partial charge in [-0.25, -0.2) is 4.98 Å². The van der Waals surface area contributed by atoms with Crippen molar-refractivity contribution in [3.05, 3.63) is 48.3 Å². The number of thiol groups is 1. The monoisotopic (exact) mass is 284 g/mol. The number of benzene rings is 1. The summed E-state index contributed by atoms with van der Waals surface area (Å²) in [5.74, 6) is 0.861. The number of imidazole rings is 1. The van der Waals surface area contributed by atoms with Gasteiger partial charge in [-0.2, -0.15) is 0 Å². The van der Waals surface area contributed by atoms with Crippen LogP contribution in [0.15, 0.2) is 47.8 Å². The zero-order valence-electron chi connectivity index (χ0n) is 11.0. The molecule has 1 aromatic carbocycles. The van der Waals surface area contributed by atoms with E-state index in [0.29, 0.717) is 5.25 Å². The van der Waals surface area contributed by atoms with Crippen LogP contribution in [0.25, 0.3) is 11.0 Å². The van der Waals surface area contributed by atoms with Gasteiger partial charge in [-0.05, 0) is 18.2 Å². The maximum absolute atomic E-state index is 5.28. The van der Waals surface area contributed by atoms with Crippen molar-refractivity contribution in [3.63, 3.8) is 0 Å². The SMILES string of the molecule is COc1ccnc(C2Cn3c(nc4ccccc43)[SH]2)c1. The summed E-state index contributed by atoms with van der Waals surface area (Å²) in [5.41, 5.74) is 3.35. The second kappa shape index (κ2) is 4.52. The largest absolute Gasteiger partial charge is 0.497 e. The van der Waals surface area contributed by atoms with Crippen molar-refractivity contribution >= 4 is 22.8 Å². The van der Waals surface area contributed by atoms with E-state index in [0.717, 1.165) is 28.7 Å². The highest BCUT2D eigenvalue weighted by molar-refractivity contribution is 7.99. The van der Waals surface area contributed by atoms with Gasteiger partial charge in [0.15, 0.2) is 5.16 Å². The Morgan fingerprint density at radius 2 is 2.20 bits per heavy atom. The van der Waals surface area contributed by atoms with Crippen molar-refractivity contribution in [2.45, 2.75) is 17.0 Å². The minimum Gasteiger partial charge on any atom is -0.497 e. The molecule has 2 aromatic heterocycles. The highest BCUT2D eigenvalue weighted by Crippen LogP contribution is 2.43. The zero-order chi connectivity index (χ0) is 13.5. The topological polar surface area (TPSA) is 39.9 Å². The van der Waals surface area contributed by atoms with E-state index < -0.39 is 0 Å². The van der Waals surface area contributed by atoms with Crippen molar-refractivity contribution < 1.29 is 4.74 Å². The Hall–Kier alpha value is -2.01. The molecule has 1 aliphatic rings. The summed E-state index contributed by atoms with van der Waals surface area (Å²) in [6.45, 7) is 0.928. The van der Waals surface area contributed by atoms with Crippen molar-refractivity contribution in [1.29, 1.82) is 0 Å². The lowest BCUT2D eigenvalue weighted by atomic mass is 10.2. The Labute approximate surface area is 120 Å². The first-order valence-corrected chi connectivity index (χ1v) is 7.47. The molecule has 0 N–H and O–H groups in total. The molecule has 0 spiro atoms. The van der Waals surface area contributed by atoms with Crippen LogP contribution in [-0.2, 0) is 6.54 Å². The van der Waals surface area contributed by atoms with Gasteiger partial charge in [-0.1, -0.05) is 12.1 Å². The van der Waals surface area contributed by atoms with Gasteiger partial charge in [-0.3, -0.25) is 4.98 Å². The van der Waals surface area contributed by atoms with E-state index in [2.05, 4.69) is 27.8 Å². The Morgan fingerprint density at radius 3 is 3.10 bits per heavy atom. The third-order valence-electron chi connectivity index (χ3n) is 3.59. The number of nitrogens with zero attached hydrogens (tertiary/aromatic N) is 3. The molecule has 1 radical (unpaired) electrons. The minimum absolute atomic E-state index is 0.359. The molecule has 1 aliphatic heterocycles. The summed E-state index contributed by atoms with van der Waals surface area (Å²) in [6.07, 6.45) is 1.81. The number of rotatable bonds is 2. The third kappa shape index (κ3) is 1.78. The summed E-state index contributed by atoms with van der Waals surface area (Å²) in [5, 5.41) is 1.48. The molecule has 5 heteroatoms. The fourth-order valence-electron chi connectivity index (χ4n) is 2.59. The van der Waals surface area contributed by atoms with Crippen LogP contribution in [0, 0.1) is 0 Å². The molecule has 3 aromatic rings. The molecule has 4 rings (SSSR count). The van der Waals surface area contributed by atoms with Crippen LogP contribution in [0.2, 0.25) is 0 Å². The van der Waals surface area contributed by atoms with Crippen molar-refractivity contribution in [2.24, 2.45) is 0 Å². The molecule has 1 unspecified atom stereocenters. The number of para-hydroxylation sites is 2. The Morgan fingerprint density at radius 1 is 1.30 bits per heavy atom. The van der Waals surface area contributed by atoms with Crippen LogP contribution in [0.4, 0.5) is 0 Å². The number of hydrogen-bond acceptors (Lipinski definition) is 3. The van der Waals surface area contributed by atoms with E-state index >= 15 is 0 Å². The molecule has 3 heterocycles. The lowest BCUT2D eigenvalue weighted by molar-refractivity contribution is 0.413. The number of pyridine rings is 1. The number of aromatic nitrogens is 3. The van der Waals surface area contributed by atoms with Gasteiger partial charge in [0.1, 0.15) is 5.75 Å². The second-order valence-electron chi connectivity index (χ2n) is 4.78. The Bertz CT molecular complexity index is 784. The normalized spacial score (nSPS) is 17.4. The molecule has 0 bridgehead atoms. The van der Waals surface area contributed by atoms with Gasteiger partial charge in [0.25, 0.3) is 0 Å². The van der Waals surface area contributed by atoms with Crippen molar-refractivity contribution in [1.82, 2.24) is 14.5 Å². The highest BCUT2D eigenvalue weighted by atomic mass is 32.2. The lowest BCUT2D eigenvalue weighted by Crippen LogP contribution is -2.01. The maximum Gasteiger partial charge on any atom is 0.157 e. The number of fused-ring (bicyclic) bond motifs is 3. The van der Waals surface area contributed by atoms with Gasteiger partial charge in [-0.15, -0.1) is 11.8 Å². The van der Waals surface area contributed by atoms with Gasteiger partial charge in [0.2, 0.25) is 0 Å². The predicted molar refractivity (Wildman–Crippen MR) is 80.5 cm³/mol. The summed E-state index contributed by atoms with van der Waals surface area (Å²) in [6, 6.07) is 12.2. The summed E-state index contributed by atoms with van der Waals surface area (Å²) in [7, 11) is 1.68. The Kier molecular flexibility index (Phi) is 2.67. The van der Waals surface area contributed by atoms with Crippen molar-refractivity contribution in [3.8, 4) is 5.75 Å². The first kappa shape index (κ1) is 11.8. The van der Waals surface area contributed by atoms with E-state index in [1.165, 1.54) is 17.3 Å². The quantitative estimate of drug-likeness (QED) is 0.735.